The van der Waals surface area contributed by atoms with E-state index >= 15 is 0 Å². The molecule has 2 aliphatic heterocycles. The first-order valence-corrected chi connectivity index (χ1v) is 9.89. The Balaban J connectivity index is 1.66. The van der Waals surface area contributed by atoms with Crippen LogP contribution in [0.3, 0.4) is 0 Å². The van der Waals surface area contributed by atoms with Crippen LogP contribution in [0.2, 0.25) is 0 Å². The van der Waals surface area contributed by atoms with E-state index in [0.717, 1.165) is 22.2 Å². The van der Waals surface area contributed by atoms with Gasteiger partial charge in [-0.2, -0.15) is 11.8 Å². The molecular weight excluding hydrogens is 376 g/mol. The number of hydrogen-bond acceptors (Lipinski definition) is 7. The summed E-state index contributed by atoms with van der Waals surface area (Å²) in [6.45, 7) is -0.353. The summed E-state index contributed by atoms with van der Waals surface area (Å²) in [7, 11) is 1.55. The molecule has 0 aromatic heterocycles. The van der Waals surface area contributed by atoms with Crippen LogP contribution in [0.15, 0.2) is 29.2 Å². The van der Waals surface area contributed by atoms with E-state index in [1.165, 1.54) is 0 Å². The van der Waals surface area contributed by atoms with Gasteiger partial charge in [0.25, 0.3) is 11.1 Å². The maximum Gasteiger partial charge on any atom is 0.294 e. The molecule has 0 radical (unpaired) electrons. The highest BCUT2D eigenvalue weighted by atomic mass is 32.2. The summed E-state index contributed by atoms with van der Waals surface area (Å²) in [5.74, 6) is 0.867. The van der Waals surface area contributed by atoms with Gasteiger partial charge in [-0.15, -0.1) is 0 Å². The maximum absolute atomic E-state index is 12.5. The molecule has 2 N–H and O–H groups in total. The van der Waals surface area contributed by atoms with Crippen LogP contribution in [0.5, 0.6) is 5.75 Å². The van der Waals surface area contributed by atoms with Gasteiger partial charge in [-0.1, -0.05) is 12.1 Å². The van der Waals surface area contributed by atoms with Crippen molar-refractivity contribution in [1.82, 2.24) is 10.2 Å². The van der Waals surface area contributed by atoms with Crippen LogP contribution >= 0.6 is 23.5 Å². The van der Waals surface area contributed by atoms with Gasteiger partial charge in [-0.3, -0.25) is 19.3 Å². The van der Waals surface area contributed by atoms with Crippen LogP contribution in [0.1, 0.15) is 5.56 Å². The first kappa shape index (κ1) is 18.8. The monoisotopic (exact) mass is 394 g/mol. The van der Waals surface area contributed by atoms with E-state index in [9.17, 15) is 19.5 Å². The molecule has 1 aromatic carbocycles. The number of benzene rings is 1. The standard InChI is InChI=1S/C17H18N2O5S2/c1-24-11-4-2-3-10(5-11)6-14-16(22)19(17(23)26-14)7-15(21)18-12-8-25-9-13(12)20/h2-6,12-13,20H,7-9H2,1H3,(H,18,21). The van der Waals surface area contributed by atoms with E-state index in [2.05, 4.69) is 5.32 Å². The van der Waals surface area contributed by atoms with E-state index in [1.807, 2.05) is 0 Å². The summed E-state index contributed by atoms with van der Waals surface area (Å²) in [6.07, 6.45) is 0.995. The van der Waals surface area contributed by atoms with Crippen molar-refractivity contribution in [2.75, 3.05) is 25.2 Å². The van der Waals surface area contributed by atoms with E-state index < -0.39 is 23.2 Å². The summed E-state index contributed by atoms with van der Waals surface area (Å²) >= 11 is 2.34. The molecule has 0 aliphatic carbocycles. The second-order valence-electron chi connectivity index (χ2n) is 5.82. The van der Waals surface area contributed by atoms with Crippen LogP contribution in [0.4, 0.5) is 4.79 Å². The highest BCUT2D eigenvalue weighted by Crippen LogP contribution is 2.32. The second-order valence-corrected chi connectivity index (χ2v) is 7.89. The molecule has 0 saturated carbocycles. The van der Waals surface area contributed by atoms with Crippen molar-refractivity contribution in [2.24, 2.45) is 0 Å². The molecule has 2 heterocycles. The highest BCUT2D eigenvalue weighted by molar-refractivity contribution is 8.18. The largest absolute Gasteiger partial charge is 0.497 e. The first-order chi connectivity index (χ1) is 12.5. The molecule has 3 amide bonds. The lowest BCUT2D eigenvalue weighted by molar-refractivity contribution is -0.129. The van der Waals surface area contributed by atoms with Crippen molar-refractivity contribution >= 4 is 46.7 Å². The summed E-state index contributed by atoms with van der Waals surface area (Å²) < 4.78 is 5.14. The number of hydrogen-bond donors (Lipinski definition) is 2. The minimum atomic E-state index is -0.605. The van der Waals surface area contributed by atoms with Gasteiger partial charge in [0.2, 0.25) is 5.91 Å². The van der Waals surface area contributed by atoms with Crippen molar-refractivity contribution in [3.05, 3.63) is 34.7 Å². The zero-order valence-electron chi connectivity index (χ0n) is 14.0. The zero-order valence-corrected chi connectivity index (χ0v) is 15.6. The van der Waals surface area contributed by atoms with E-state index in [1.54, 1.807) is 49.2 Å². The van der Waals surface area contributed by atoms with Crippen LogP contribution in [-0.2, 0) is 9.59 Å². The number of carbonyl (C=O) groups excluding carboxylic acids is 3. The number of aliphatic hydroxyl groups excluding tert-OH is 1. The molecule has 7 nitrogen and oxygen atoms in total. The number of nitrogens with zero attached hydrogens (tertiary/aromatic N) is 1. The number of amides is 3. The Labute approximate surface area is 159 Å². The number of methoxy groups -OCH3 is 1. The minimum absolute atomic E-state index is 0.257. The lowest BCUT2D eigenvalue weighted by atomic mass is 10.2. The summed E-state index contributed by atoms with van der Waals surface area (Å²) in [4.78, 5) is 37.9. The average molecular weight is 394 g/mol. The van der Waals surface area contributed by atoms with Crippen molar-refractivity contribution in [3.8, 4) is 5.75 Å². The third kappa shape index (κ3) is 4.22. The fraction of sp³-hybridized carbons (Fsp3) is 0.353. The fourth-order valence-corrected chi connectivity index (χ4v) is 4.60. The van der Waals surface area contributed by atoms with Gasteiger partial charge >= 0.3 is 0 Å². The average Bonchev–Trinajstić information content (AvgIpc) is 3.13. The quantitative estimate of drug-likeness (QED) is 0.727. The van der Waals surface area contributed by atoms with Gasteiger partial charge in [0.1, 0.15) is 12.3 Å². The Kier molecular flexibility index (Phi) is 5.90. The Morgan fingerprint density at radius 2 is 2.23 bits per heavy atom. The predicted molar refractivity (Wildman–Crippen MR) is 101 cm³/mol. The Morgan fingerprint density at radius 3 is 2.92 bits per heavy atom. The van der Waals surface area contributed by atoms with Gasteiger partial charge in [0, 0.05) is 11.5 Å². The Morgan fingerprint density at radius 1 is 1.42 bits per heavy atom. The second kappa shape index (κ2) is 8.15. The van der Waals surface area contributed by atoms with Crippen molar-refractivity contribution in [2.45, 2.75) is 12.1 Å². The minimum Gasteiger partial charge on any atom is -0.497 e. The van der Waals surface area contributed by atoms with Crippen molar-refractivity contribution in [1.29, 1.82) is 0 Å². The molecule has 0 spiro atoms. The van der Waals surface area contributed by atoms with E-state index in [-0.39, 0.29) is 17.5 Å². The molecule has 1 aromatic rings. The smallest absolute Gasteiger partial charge is 0.294 e. The molecule has 2 aliphatic rings. The number of carbonyl (C=O) groups is 3. The SMILES string of the molecule is COc1cccc(C=C2SC(=O)N(CC(=O)NC3CSCC3O)C2=O)c1. The highest BCUT2D eigenvalue weighted by Gasteiger charge is 2.37. The Bertz CT molecular complexity index is 767. The molecule has 2 unspecified atom stereocenters. The predicted octanol–water partition coefficient (Wildman–Crippen LogP) is 1.32. The van der Waals surface area contributed by atoms with Gasteiger partial charge in [-0.25, -0.2) is 0 Å². The normalized spacial score (nSPS) is 24.4. The summed E-state index contributed by atoms with van der Waals surface area (Å²) in [6, 6.07) is 6.76. The third-order valence-corrected chi connectivity index (χ3v) is 6.04. The lowest BCUT2D eigenvalue weighted by Crippen LogP contribution is -2.47. The molecule has 2 atom stereocenters. The van der Waals surface area contributed by atoms with Gasteiger partial charge in [-0.05, 0) is 35.5 Å². The molecule has 3 rings (SSSR count). The molecule has 26 heavy (non-hydrogen) atoms. The lowest BCUT2D eigenvalue weighted by Gasteiger charge is -2.18. The summed E-state index contributed by atoms with van der Waals surface area (Å²) in [5, 5.41) is 11.9. The number of imide groups is 1. The number of rotatable bonds is 5. The van der Waals surface area contributed by atoms with Crippen molar-refractivity contribution < 1.29 is 24.2 Å². The molecule has 2 saturated heterocycles. The van der Waals surface area contributed by atoms with Crippen molar-refractivity contribution in [3.63, 3.8) is 0 Å². The van der Waals surface area contributed by atoms with Gasteiger partial charge < -0.3 is 15.2 Å². The molecule has 2 fully saturated rings. The first-order valence-electron chi connectivity index (χ1n) is 7.92. The van der Waals surface area contributed by atoms with Crippen LogP contribution < -0.4 is 10.1 Å². The molecular formula is C17H18N2O5S2. The number of nitrogens with one attached hydrogen (secondary N) is 1. The maximum atomic E-state index is 12.5. The van der Waals surface area contributed by atoms with E-state index in [0.29, 0.717) is 17.3 Å². The van der Waals surface area contributed by atoms with Gasteiger partial charge in [0.05, 0.1) is 24.2 Å². The number of thioether (sulfide) groups is 2. The summed E-state index contributed by atoms with van der Waals surface area (Å²) in [5.41, 5.74) is 0.727. The van der Waals surface area contributed by atoms with Crippen LogP contribution in [0.25, 0.3) is 6.08 Å². The van der Waals surface area contributed by atoms with Crippen LogP contribution in [0, 0.1) is 0 Å². The molecule has 9 heteroatoms. The number of aliphatic hydroxyl groups is 1. The van der Waals surface area contributed by atoms with E-state index in [4.69, 9.17) is 4.74 Å². The third-order valence-electron chi connectivity index (χ3n) is 3.96. The Hall–Kier alpha value is -1.97. The zero-order chi connectivity index (χ0) is 18.7. The van der Waals surface area contributed by atoms with Gasteiger partial charge in [0.15, 0.2) is 0 Å². The van der Waals surface area contributed by atoms with Crippen LogP contribution in [-0.4, -0.2) is 64.4 Å². The molecule has 0 bridgehead atoms. The fourth-order valence-electron chi connectivity index (χ4n) is 2.60. The number of ether oxygens (including phenoxy) is 1. The topological polar surface area (TPSA) is 95.9 Å². The molecule has 138 valence electrons.